The van der Waals surface area contributed by atoms with E-state index in [9.17, 15) is 13.2 Å². The number of aromatic nitrogens is 2. The van der Waals surface area contributed by atoms with Crippen LogP contribution in [0.5, 0.6) is 5.75 Å². The van der Waals surface area contributed by atoms with Crippen LogP contribution in [0.25, 0.3) is 0 Å². The predicted octanol–water partition coefficient (Wildman–Crippen LogP) is 3.55. The molecule has 0 aliphatic carbocycles. The average Bonchev–Trinajstić information content (AvgIpc) is 2.40. The molecule has 112 valence electrons. The Hall–Kier alpha value is -2.51. The number of anilines is 3. The molecule has 0 fully saturated rings. The van der Waals surface area contributed by atoms with Gasteiger partial charge in [-0.2, -0.15) is 0 Å². The van der Waals surface area contributed by atoms with Gasteiger partial charge in [-0.3, -0.25) is 0 Å². The molecule has 1 aromatic heterocycles. The summed E-state index contributed by atoms with van der Waals surface area (Å²) in [4.78, 5) is 8.04. The maximum atomic E-state index is 12.0. The summed E-state index contributed by atoms with van der Waals surface area (Å²) < 4.78 is 39.9. The minimum atomic E-state index is -4.69. The molecule has 0 radical (unpaired) electrons. The first kappa shape index (κ1) is 14.9. The van der Waals surface area contributed by atoms with E-state index in [2.05, 4.69) is 25.3 Å². The van der Waals surface area contributed by atoms with Crippen molar-refractivity contribution in [3.05, 3.63) is 36.7 Å². The van der Waals surface area contributed by atoms with Crippen molar-refractivity contribution >= 4 is 17.3 Å². The fraction of sp³-hybridized carbons (Fsp3) is 0.231. The van der Waals surface area contributed by atoms with E-state index in [-0.39, 0.29) is 5.75 Å². The molecular formula is C13H13F3N4O. The summed E-state index contributed by atoms with van der Waals surface area (Å²) >= 11 is 0. The third kappa shape index (κ3) is 4.83. The van der Waals surface area contributed by atoms with Gasteiger partial charge in [0, 0.05) is 18.3 Å². The Morgan fingerprint density at radius 2 is 1.76 bits per heavy atom. The Kier molecular flexibility index (Phi) is 4.46. The number of alkyl halides is 3. The van der Waals surface area contributed by atoms with Crippen LogP contribution in [0.15, 0.2) is 36.7 Å². The average molecular weight is 298 g/mol. The van der Waals surface area contributed by atoms with Gasteiger partial charge in [0.1, 0.15) is 23.7 Å². The maximum absolute atomic E-state index is 12.0. The molecule has 0 saturated carbocycles. The molecule has 5 nitrogen and oxygen atoms in total. The van der Waals surface area contributed by atoms with Gasteiger partial charge in [0.2, 0.25) is 0 Å². The van der Waals surface area contributed by atoms with Crippen LogP contribution in [0.2, 0.25) is 0 Å². The predicted molar refractivity (Wildman–Crippen MR) is 72.6 cm³/mol. The zero-order valence-electron chi connectivity index (χ0n) is 11.1. The van der Waals surface area contributed by atoms with Crippen LogP contribution in [0.1, 0.15) is 6.92 Å². The van der Waals surface area contributed by atoms with Crippen molar-refractivity contribution in [3.63, 3.8) is 0 Å². The monoisotopic (exact) mass is 298 g/mol. The maximum Gasteiger partial charge on any atom is 0.573 e. The largest absolute Gasteiger partial charge is 0.573 e. The van der Waals surface area contributed by atoms with E-state index < -0.39 is 6.36 Å². The van der Waals surface area contributed by atoms with E-state index in [4.69, 9.17) is 0 Å². The highest BCUT2D eigenvalue weighted by molar-refractivity contribution is 5.59. The summed E-state index contributed by atoms with van der Waals surface area (Å²) in [5.74, 6) is 0.918. The Morgan fingerprint density at radius 3 is 2.38 bits per heavy atom. The van der Waals surface area contributed by atoms with Crippen LogP contribution < -0.4 is 15.4 Å². The summed E-state index contributed by atoms with van der Waals surface area (Å²) in [6.45, 7) is 2.66. The van der Waals surface area contributed by atoms with Gasteiger partial charge in [-0.15, -0.1) is 13.2 Å². The van der Waals surface area contributed by atoms with Crippen molar-refractivity contribution in [3.8, 4) is 5.75 Å². The minimum Gasteiger partial charge on any atom is -0.406 e. The molecular weight excluding hydrogens is 285 g/mol. The third-order valence-electron chi connectivity index (χ3n) is 2.39. The molecule has 0 unspecified atom stereocenters. The fourth-order valence-corrected chi connectivity index (χ4v) is 1.59. The standard InChI is InChI=1S/C13H13F3N4O/c1-2-17-11-7-12(19-8-18-11)20-9-3-5-10(6-4-9)21-13(14,15)16/h3-8H,2H2,1H3,(H2,17,18,19,20). The van der Waals surface area contributed by atoms with Crippen molar-refractivity contribution in [2.24, 2.45) is 0 Å². The van der Waals surface area contributed by atoms with E-state index in [1.54, 1.807) is 6.07 Å². The second kappa shape index (κ2) is 6.29. The number of benzene rings is 1. The molecule has 0 atom stereocenters. The fourth-order valence-electron chi connectivity index (χ4n) is 1.59. The van der Waals surface area contributed by atoms with Gasteiger partial charge in [-0.05, 0) is 31.2 Å². The second-order valence-corrected chi connectivity index (χ2v) is 4.02. The molecule has 2 aromatic rings. The van der Waals surface area contributed by atoms with Gasteiger partial charge in [0.05, 0.1) is 0 Å². The highest BCUT2D eigenvalue weighted by atomic mass is 19.4. The van der Waals surface area contributed by atoms with Crippen LogP contribution in [0.3, 0.4) is 0 Å². The van der Waals surface area contributed by atoms with E-state index in [1.165, 1.54) is 30.6 Å². The number of ether oxygens (including phenoxy) is 1. The molecule has 1 heterocycles. The van der Waals surface area contributed by atoms with Crippen LogP contribution in [-0.4, -0.2) is 22.9 Å². The lowest BCUT2D eigenvalue weighted by molar-refractivity contribution is -0.274. The molecule has 0 aliphatic heterocycles. The van der Waals surface area contributed by atoms with Crippen molar-refractivity contribution in [1.29, 1.82) is 0 Å². The quantitative estimate of drug-likeness (QED) is 0.884. The lowest BCUT2D eigenvalue weighted by atomic mass is 10.3. The van der Waals surface area contributed by atoms with Gasteiger partial charge >= 0.3 is 6.36 Å². The Bertz CT molecular complexity index is 587. The smallest absolute Gasteiger partial charge is 0.406 e. The number of nitrogens with zero attached hydrogens (tertiary/aromatic N) is 2. The molecule has 0 saturated heterocycles. The van der Waals surface area contributed by atoms with Gasteiger partial charge < -0.3 is 15.4 Å². The van der Waals surface area contributed by atoms with E-state index in [0.29, 0.717) is 17.3 Å². The third-order valence-corrected chi connectivity index (χ3v) is 2.39. The molecule has 0 bridgehead atoms. The Labute approximate surface area is 119 Å². The highest BCUT2D eigenvalue weighted by Gasteiger charge is 2.30. The number of rotatable bonds is 5. The molecule has 0 amide bonds. The summed E-state index contributed by atoms with van der Waals surface area (Å²) in [6, 6.07) is 7.08. The van der Waals surface area contributed by atoms with E-state index >= 15 is 0 Å². The SMILES string of the molecule is CCNc1cc(Nc2ccc(OC(F)(F)F)cc2)ncn1. The van der Waals surface area contributed by atoms with Crippen LogP contribution in [0, 0.1) is 0 Å². The van der Waals surface area contributed by atoms with Gasteiger partial charge in [0.15, 0.2) is 0 Å². The Balaban J connectivity index is 2.04. The lowest BCUT2D eigenvalue weighted by Gasteiger charge is -2.10. The molecule has 2 rings (SSSR count). The van der Waals surface area contributed by atoms with Gasteiger partial charge in [0.25, 0.3) is 0 Å². The van der Waals surface area contributed by atoms with Crippen LogP contribution in [-0.2, 0) is 0 Å². The minimum absolute atomic E-state index is 0.274. The topological polar surface area (TPSA) is 59.1 Å². The normalized spacial score (nSPS) is 11.0. The van der Waals surface area contributed by atoms with Crippen molar-refractivity contribution < 1.29 is 17.9 Å². The Morgan fingerprint density at radius 1 is 1.10 bits per heavy atom. The first-order valence-corrected chi connectivity index (χ1v) is 6.15. The zero-order valence-corrected chi connectivity index (χ0v) is 11.1. The van der Waals surface area contributed by atoms with Crippen LogP contribution >= 0.6 is 0 Å². The number of nitrogens with one attached hydrogen (secondary N) is 2. The molecule has 0 aliphatic rings. The lowest BCUT2D eigenvalue weighted by Crippen LogP contribution is -2.16. The molecule has 8 heteroatoms. The summed E-state index contributed by atoms with van der Waals surface area (Å²) in [6.07, 6.45) is -3.30. The highest BCUT2D eigenvalue weighted by Crippen LogP contribution is 2.25. The van der Waals surface area contributed by atoms with Crippen molar-refractivity contribution in [2.75, 3.05) is 17.2 Å². The molecule has 2 N–H and O–H groups in total. The number of halogens is 3. The summed E-state index contributed by atoms with van der Waals surface area (Å²) in [7, 11) is 0. The molecule has 0 spiro atoms. The molecule has 1 aromatic carbocycles. The van der Waals surface area contributed by atoms with E-state index in [1.807, 2.05) is 6.92 Å². The summed E-state index contributed by atoms with van der Waals surface area (Å²) in [5, 5.41) is 6.00. The van der Waals surface area contributed by atoms with Crippen molar-refractivity contribution in [1.82, 2.24) is 9.97 Å². The first-order chi connectivity index (χ1) is 9.96. The first-order valence-electron chi connectivity index (χ1n) is 6.15. The second-order valence-electron chi connectivity index (χ2n) is 4.02. The zero-order chi connectivity index (χ0) is 15.3. The molecule has 21 heavy (non-hydrogen) atoms. The number of hydrogen-bond donors (Lipinski definition) is 2. The summed E-state index contributed by atoms with van der Waals surface area (Å²) in [5.41, 5.74) is 0.589. The van der Waals surface area contributed by atoms with E-state index in [0.717, 1.165) is 6.54 Å². The van der Waals surface area contributed by atoms with Gasteiger partial charge in [-0.25, -0.2) is 9.97 Å². The van der Waals surface area contributed by atoms with Crippen molar-refractivity contribution in [2.45, 2.75) is 13.3 Å². The number of hydrogen-bond acceptors (Lipinski definition) is 5. The van der Waals surface area contributed by atoms with Crippen LogP contribution in [0.4, 0.5) is 30.5 Å². The van der Waals surface area contributed by atoms with Gasteiger partial charge in [-0.1, -0.05) is 0 Å².